The summed E-state index contributed by atoms with van der Waals surface area (Å²) in [5.41, 5.74) is 0. The highest BCUT2D eigenvalue weighted by atomic mass is 32.0. The Morgan fingerprint density at radius 1 is 1.67 bits per heavy atom. The molecule has 4 unspecified atom stereocenters. The maximum Gasteiger partial charge on any atom is 0.320 e. The molecule has 0 saturated heterocycles. The monoisotopic (exact) mass is 228 g/mol. The lowest BCUT2D eigenvalue weighted by Crippen LogP contribution is -2.30. The van der Waals surface area contributed by atoms with E-state index in [1.54, 1.807) is 0 Å². The zero-order valence-corrected chi connectivity index (χ0v) is 10.0. The van der Waals surface area contributed by atoms with Crippen LogP contribution < -0.4 is 10.2 Å². The zero-order valence-electron chi connectivity index (χ0n) is 6.71. The number of hydrogen-bond donors (Lipinski definition) is 3. The van der Waals surface area contributed by atoms with E-state index < -0.39 is 12.0 Å². The van der Waals surface area contributed by atoms with Gasteiger partial charge in [-0.3, -0.25) is 15.0 Å². The molecule has 0 aromatic heterocycles. The van der Waals surface area contributed by atoms with Crippen LogP contribution in [0.5, 0.6) is 0 Å². The molecule has 0 rings (SSSR count). The average molecular weight is 228 g/mol. The molecule has 0 radical (unpaired) electrons. The molecule has 0 heterocycles. The standard InChI is InChI=1S/C5H15N2O2P3/c8-5(9)4(7-10)2-1-3-6-12-11/h4,6-7,12H,1-3,10-11H2,(H,8,9). The SMILES string of the molecule is O=C(O)C(CCCNPP)NP. The van der Waals surface area contributed by atoms with E-state index in [4.69, 9.17) is 5.11 Å². The van der Waals surface area contributed by atoms with Crippen molar-refractivity contribution in [3.05, 3.63) is 0 Å². The van der Waals surface area contributed by atoms with Crippen LogP contribution in [-0.4, -0.2) is 23.7 Å². The van der Waals surface area contributed by atoms with Crippen molar-refractivity contribution in [3.8, 4) is 0 Å². The summed E-state index contributed by atoms with van der Waals surface area (Å²) in [6, 6.07) is -0.440. The van der Waals surface area contributed by atoms with E-state index in [9.17, 15) is 4.79 Å². The van der Waals surface area contributed by atoms with Gasteiger partial charge in [-0.2, -0.15) is 0 Å². The lowest BCUT2D eigenvalue weighted by molar-refractivity contribution is -0.139. The maximum absolute atomic E-state index is 10.5. The third kappa shape index (κ3) is 6.22. The van der Waals surface area contributed by atoms with Gasteiger partial charge in [-0.25, -0.2) is 0 Å². The molecule has 0 aliphatic rings. The molecule has 4 atom stereocenters. The van der Waals surface area contributed by atoms with Gasteiger partial charge in [0.25, 0.3) is 0 Å². The quantitative estimate of drug-likeness (QED) is 0.440. The highest BCUT2D eigenvalue weighted by Gasteiger charge is 2.13. The lowest BCUT2D eigenvalue weighted by Gasteiger charge is -2.09. The van der Waals surface area contributed by atoms with Crippen LogP contribution in [0.2, 0.25) is 0 Å². The molecular weight excluding hydrogens is 213 g/mol. The number of carboxylic acid groups (broad SMARTS) is 1. The van der Waals surface area contributed by atoms with Crippen molar-refractivity contribution in [2.45, 2.75) is 18.9 Å². The molecule has 3 N–H and O–H groups in total. The Bertz CT molecular complexity index is 136. The van der Waals surface area contributed by atoms with Crippen molar-refractivity contribution in [2.75, 3.05) is 6.54 Å². The second kappa shape index (κ2) is 8.29. The van der Waals surface area contributed by atoms with Crippen LogP contribution in [0.4, 0.5) is 0 Å². The largest absolute Gasteiger partial charge is 0.480 e. The van der Waals surface area contributed by atoms with Crippen LogP contribution in [0.15, 0.2) is 0 Å². The van der Waals surface area contributed by atoms with Gasteiger partial charge in [-0.15, -0.1) is 0 Å². The first kappa shape index (κ1) is 12.7. The molecule has 0 fully saturated rings. The Hall–Kier alpha value is 0.680. The summed E-state index contributed by atoms with van der Waals surface area (Å²) in [5, 5.41) is 14.4. The van der Waals surface area contributed by atoms with Gasteiger partial charge in [0.1, 0.15) is 6.04 Å². The summed E-state index contributed by atoms with van der Waals surface area (Å²) in [6.45, 7) is 0.873. The van der Waals surface area contributed by atoms with Crippen LogP contribution in [0.25, 0.3) is 0 Å². The van der Waals surface area contributed by atoms with Gasteiger partial charge >= 0.3 is 5.97 Å². The number of carboxylic acids is 1. The fourth-order valence-electron chi connectivity index (χ4n) is 0.745. The number of hydrogen-bond acceptors (Lipinski definition) is 3. The van der Waals surface area contributed by atoms with Crippen LogP contribution in [0.3, 0.4) is 0 Å². The van der Waals surface area contributed by atoms with Crippen LogP contribution in [-0.2, 0) is 4.79 Å². The topological polar surface area (TPSA) is 61.4 Å². The molecule has 12 heavy (non-hydrogen) atoms. The van der Waals surface area contributed by atoms with Gasteiger partial charge < -0.3 is 5.11 Å². The van der Waals surface area contributed by atoms with Gasteiger partial charge in [-0.1, -0.05) is 18.3 Å². The minimum absolute atomic E-state index is 0.440. The molecule has 7 heteroatoms. The Balaban J connectivity index is 3.38. The number of nitrogens with one attached hydrogen (secondary N) is 2. The van der Waals surface area contributed by atoms with Crippen molar-refractivity contribution < 1.29 is 9.90 Å². The highest BCUT2D eigenvalue weighted by Crippen LogP contribution is 2.13. The van der Waals surface area contributed by atoms with Crippen molar-refractivity contribution >= 4 is 32.7 Å². The van der Waals surface area contributed by atoms with Crippen molar-refractivity contribution in [2.24, 2.45) is 0 Å². The second-order valence-electron chi connectivity index (χ2n) is 2.27. The highest BCUT2D eigenvalue weighted by molar-refractivity contribution is 8.01. The Morgan fingerprint density at radius 2 is 2.33 bits per heavy atom. The summed E-state index contributed by atoms with van der Waals surface area (Å²) >= 11 is 0. The molecular formula is C5H15N2O2P3. The molecule has 0 aliphatic carbocycles. The van der Waals surface area contributed by atoms with E-state index >= 15 is 0 Å². The molecule has 0 amide bonds. The molecule has 4 nitrogen and oxygen atoms in total. The molecule has 0 aliphatic heterocycles. The fourth-order valence-corrected chi connectivity index (χ4v) is 1.81. The molecule has 0 aromatic rings. The fraction of sp³-hybridized carbons (Fsp3) is 0.800. The lowest BCUT2D eigenvalue weighted by atomic mass is 10.2. The van der Waals surface area contributed by atoms with Gasteiger partial charge in [0.2, 0.25) is 0 Å². The minimum atomic E-state index is -0.793. The average Bonchev–Trinajstić information content (AvgIpc) is 2.04. The van der Waals surface area contributed by atoms with Gasteiger partial charge in [-0.05, 0) is 27.8 Å². The van der Waals surface area contributed by atoms with E-state index in [0.717, 1.165) is 13.0 Å². The molecule has 0 spiro atoms. The van der Waals surface area contributed by atoms with Crippen LogP contribution in [0.1, 0.15) is 12.8 Å². The van der Waals surface area contributed by atoms with Gasteiger partial charge in [0, 0.05) is 0 Å². The third-order valence-electron chi connectivity index (χ3n) is 1.40. The summed E-state index contributed by atoms with van der Waals surface area (Å²) in [6.07, 6.45) is 1.53. The summed E-state index contributed by atoms with van der Waals surface area (Å²) in [7, 11) is 5.47. The molecule has 0 bridgehead atoms. The van der Waals surface area contributed by atoms with E-state index in [1.165, 1.54) is 0 Å². The van der Waals surface area contributed by atoms with Gasteiger partial charge in [0.05, 0.1) is 0 Å². The summed E-state index contributed by atoms with van der Waals surface area (Å²) in [5.74, 6) is -0.793. The number of aliphatic carboxylic acids is 1. The molecule has 0 saturated carbocycles. The van der Waals surface area contributed by atoms with Crippen molar-refractivity contribution in [1.82, 2.24) is 10.2 Å². The predicted octanol–water partition coefficient (Wildman–Crippen LogP) is 0.573. The van der Waals surface area contributed by atoms with Crippen LogP contribution in [0, 0.1) is 0 Å². The third-order valence-corrected chi connectivity index (χ3v) is 2.86. The minimum Gasteiger partial charge on any atom is -0.480 e. The van der Waals surface area contributed by atoms with Crippen molar-refractivity contribution in [3.63, 3.8) is 0 Å². The van der Waals surface area contributed by atoms with Crippen molar-refractivity contribution in [1.29, 1.82) is 0 Å². The smallest absolute Gasteiger partial charge is 0.320 e. The zero-order chi connectivity index (χ0) is 9.40. The second-order valence-corrected chi connectivity index (χ2v) is 4.11. The summed E-state index contributed by atoms with van der Waals surface area (Å²) < 4.78 is 0. The Kier molecular flexibility index (Phi) is 8.76. The molecule has 0 aromatic carbocycles. The Labute approximate surface area is 78.8 Å². The molecule has 72 valence electrons. The first-order valence-corrected chi connectivity index (χ1v) is 6.98. The van der Waals surface area contributed by atoms with E-state index in [2.05, 4.69) is 28.5 Å². The van der Waals surface area contributed by atoms with E-state index in [1.807, 2.05) is 0 Å². The van der Waals surface area contributed by atoms with Gasteiger partial charge in [0.15, 0.2) is 0 Å². The van der Waals surface area contributed by atoms with Crippen LogP contribution >= 0.6 is 26.7 Å². The first-order valence-electron chi connectivity index (χ1n) is 3.59. The normalized spacial score (nSPS) is 13.8. The van der Waals surface area contributed by atoms with E-state index in [0.29, 0.717) is 14.8 Å². The number of carbonyl (C=O) groups is 1. The number of rotatable bonds is 7. The summed E-state index contributed by atoms with van der Waals surface area (Å²) in [4.78, 5) is 10.5. The maximum atomic E-state index is 10.5. The predicted molar refractivity (Wildman–Crippen MR) is 59.5 cm³/mol. The Morgan fingerprint density at radius 3 is 2.75 bits per heavy atom. The van der Waals surface area contributed by atoms with E-state index in [-0.39, 0.29) is 0 Å². The first-order chi connectivity index (χ1) is 5.72.